The van der Waals surface area contributed by atoms with Crippen LogP contribution in [-0.4, -0.2) is 26.6 Å². The van der Waals surface area contributed by atoms with Crippen molar-refractivity contribution >= 4 is 16.7 Å². The molecule has 18 heavy (non-hydrogen) atoms. The van der Waals surface area contributed by atoms with Crippen LogP contribution in [0.25, 0.3) is 0 Å². The van der Waals surface area contributed by atoms with Crippen molar-refractivity contribution < 1.29 is 5.11 Å². The highest BCUT2D eigenvalue weighted by atomic mass is 32.1. The minimum absolute atomic E-state index is 0.552. The van der Waals surface area contributed by atoms with Gasteiger partial charge in [-0.25, -0.2) is 4.98 Å². The first-order valence-electron chi connectivity index (χ1n) is 6.90. The quantitative estimate of drug-likeness (QED) is 0.863. The van der Waals surface area contributed by atoms with E-state index < -0.39 is 5.60 Å². The largest absolute Gasteiger partial charge is 0.388 e. The summed E-state index contributed by atoms with van der Waals surface area (Å²) >= 11 is 1.39. The van der Waals surface area contributed by atoms with Crippen LogP contribution in [0.4, 0.5) is 5.13 Å². The van der Waals surface area contributed by atoms with Crippen LogP contribution in [0.5, 0.6) is 0 Å². The zero-order chi connectivity index (χ0) is 13.0. The molecule has 0 saturated heterocycles. The average Bonchev–Trinajstić information content (AvgIpc) is 2.80. The van der Waals surface area contributed by atoms with Gasteiger partial charge in [0, 0.05) is 24.5 Å². The van der Waals surface area contributed by atoms with E-state index in [0.717, 1.165) is 55.4 Å². The van der Waals surface area contributed by atoms with E-state index in [4.69, 9.17) is 0 Å². The molecule has 0 atom stereocenters. The van der Waals surface area contributed by atoms with Crippen LogP contribution in [-0.2, 0) is 6.42 Å². The molecule has 1 fully saturated rings. The lowest BCUT2D eigenvalue weighted by molar-refractivity contribution is 0.00501. The third kappa shape index (κ3) is 3.65. The lowest BCUT2D eigenvalue weighted by atomic mass is 9.79. The lowest BCUT2D eigenvalue weighted by Crippen LogP contribution is -2.40. The highest BCUT2D eigenvalue weighted by molar-refractivity contribution is 7.09. The van der Waals surface area contributed by atoms with E-state index in [1.165, 1.54) is 11.5 Å². The van der Waals surface area contributed by atoms with E-state index >= 15 is 0 Å². The molecule has 1 aromatic rings. The van der Waals surface area contributed by atoms with Crippen molar-refractivity contribution in [3.05, 3.63) is 5.82 Å². The minimum atomic E-state index is -0.552. The second-order valence-corrected chi connectivity index (χ2v) is 6.28. The molecule has 0 aromatic carbocycles. The van der Waals surface area contributed by atoms with Crippen molar-refractivity contribution in [2.75, 3.05) is 11.9 Å². The van der Waals surface area contributed by atoms with Crippen molar-refractivity contribution in [3.63, 3.8) is 0 Å². The number of hydrogen-bond donors (Lipinski definition) is 2. The fraction of sp³-hybridized carbons (Fsp3) is 0.846. The highest BCUT2D eigenvalue weighted by Gasteiger charge is 2.31. The normalized spacial score (nSPS) is 28.3. The second-order valence-electron chi connectivity index (χ2n) is 5.53. The van der Waals surface area contributed by atoms with Crippen molar-refractivity contribution in [1.29, 1.82) is 0 Å². The van der Waals surface area contributed by atoms with E-state index in [2.05, 4.69) is 28.5 Å². The fourth-order valence-electron chi connectivity index (χ4n) is 2.37. The molecule has 2 rings (SSSR count). The van der Waals surface area contributed by atoms with Gasteiger partial charge in [-0.1, -0.05) is 13.8 Å². The van der Waals surface area contributed by atoms with Crippen LogP contribution in [0.1, 0.15) is 51.8 Å². The number of aryl methyl sites for hydroxylation is 1. The Labute approximate surface area is 113 Å². The van der Waals surface area contributed by atoms with Crippen LogP contribution >= 0.6 is 11.5 Å². The summed E-state index contributed by atoms with van der Waals surface area (Å²) < 4.78 is 4.29. The number of rotatable bonds is 5. The third-order valence-electron chi connectivity index (χ3n) is 3.72. The van der Waals surface area contributed by atoms with Crippen LogP contribution in [0.15, 0.2) is 0 Å². The van der Waals surface area contributed by atoms with Gasteiger partial charge < -0.3 is 10.4 Å². The van der Waals surface area contributed by atoms with Gasteiger partial charge >= 0.3 is 0 Å². The second kappa shape index (κ2) is 5.97. The zero-order valence-corrected chi connectivity index (χ0v) is 12.1. The molecule has 0 radical (unpaired) electrons. The topological polar surface area (TPSA) is 58.0 Å². The van der Waals surface area contributed by atoms with E-state index in [9.17, 15) is 5.11 Å². The molecule has 1 saturated carbocycles. The van der Waals surface area contributed by atoms with Crippen molar-refractivity contribution in [2.24, 2.45) is 5.92 Å². The van der Waals surface area contributed by atoms with Gasteiger partial charge in [-0.15, -0.1) is 0 Å². The molecule has 4 nitrogen and oxygen atoms in total. The van der Waals surface area contributed by atoms with Crippen LogP contribution < -0.4 is 5.32 Å². The zero-order valence-electron chi connectivity index (χ0n) is 11.3. The minimum Gasteiger partial charge on any atom is -0.388 e. The van der Waals surface area contributed by atoms with Crippen LogP contribution in [0.2, 0.25) is 0 Å². The average molecular weight is 269 g/mol. The molecule has 0 aliphatic heterocycles. The summed E-state index contributed by atoms with van der Waals surface area (Å²) in [7, 11) is 0. The Morgan fingerprint density at radius 2 is 2.17 bits per heavy atom. The molecule has 1 heterocycles. The number of anilines is 1. The first-order chi connectivity index (χ1) is 8.61. The summed E-state index contributed by atoms with van der Waals surface area (Å²) in [5.74, 6) is 1.66. The number of aliphatic hydroxyl groups is 1. The van der Waals surface area contributed by atoms with E-state index in [0.29, 0.717) is 6.54 Å². The molecule has 1 aliphatic carbocycles. The summed E-state index contributed by atoms with van der Waals surface area (Å²) in [6.45, 7) is 4.98. The van der Waals surface area contributed by atoms with E-state index in [-0.39, 0.29) is 0 Å². The molecule has 5 heteroatoms. The smallest absolute Gasteiger partial charge is 0.202 e. The SMILES string of the molecule is CCCc1nsc(NCC2(O)CCC(C)CC2)n1. The molecule has 0 amide bonds. The standard InChI is InChI=1S/C13H23N3OS/c1-3-4-11-15-12(18-16-11)14-9-13(17)7-5-10(2)6-8-13/h10,17H,3-9H2,1-2H3,(H,14,15,16). The molecular weight excluding hydrogens is 246 g/mol. The first-order valence-corrected chi connectivity index (χ1v) is 7.67. The summed E-state index contributed by atoms with van der Waals surface area (Å²) in [6.07, 6.45) is 6.02. The molecule has 1 aromatic heterocycles. The maximum atomic E-state index is 10.5. The van der Waals surface area contributed by atoms with Gasteiger partial charge in [0.25, 0.3) is 0 Å². The van der Waals surface area contributed by atoms with Crippen molar-refractivity contribution in [1.82, 2.24) is 9.36 Å². The Morgan fingerprint density at radius 3 is 2.83 bits per heavy atom. The van der Waals surface area contributed by atoms with Crippen molar-refractivity contribution in [3.8, 4) is 0 Å². The molecule has 0 bridgehead atoms. The molecule has 102 valence electrons. The first kappa shape index (κ1) is 13.7. The Hall–Kier alpha value is -0.680. The predicted molar refractivity (Wildman–Crippen MR) is 75.0 cm³/mol. The van der Waals surface area contributed by atoms with Crippen LogP contribution in [0.3, 0.4) is 0 Å². The molecule has 1 aliphatic rings. The summed E-state index contributed by atoms with van der Waals surface area (Å²) in [6, 6.07) is 0. The van der Waals surface area contributed by atoms with Gasteiger partial charge in [0.2, 0.25) is 5.13 Å². The van der Waals surface area contributed by atoms with Gasteiger partial charge in [-0.2, -0.15) is 4.37 Å². The number of hydrogen-bond acceptors (Lipinski definition) is 5. The summed E-state index contributed by atoms with van der Waals surface area (Å²) in [5.41, 5.74) is -0.552. The fourth-order valence-corrected chi connectivity index (χ4v) is 2.97. The Kier molecular flexibility index (Phi) is 4.56. The number of aromatic nitrogens is 2. The number of nitrogens with one attached hydrogen (secondary N) is 1. The molecular formula is C13H23N3OS. The van der Waals surface area contributed by atoms with E-state index in [1.54, 1.807) is 0 Å². The maximum Gasteiger partial charge on any atom is 0.202 e. The Morgan fingerprint density at radius 1 is 1.44 bits per heavy atom. The van der Waals surface area contributed by atoms with Gasteiger partial charge in [0.15, 0.2) is 0 Å². The molecule has 0 spiro atoms. The summed E-state index contributed by atoms with van der Waals surface area (Å²) in [5, 5.41) is 14.5. The highest BCUT2D eigenvalue weighted by Crippen LogP contribution is 2.32. The summed E-state index contributed by atoms with van der Waals surface area (Å²) in [4.78, 5) is 4.42. The van der Waals surface area contributed by atoms with Gasteiger partial charge in [0.05, 0.1) is 5.60 Å². The van der Waals surface area contributed by atoms with Crippen LogP contribution in [0, 0.1) is 5.92 Å². The Balaban J connectivity index is 1.82. The van der Waals surface area contributed by atoms with E-state index in [1.807, 2.05) is 0 Å². The lowest BCUT2D eigenvalue weighted by Gasteiger charge is -2.34. The van der Waals surface area contributed by atoms with Gasteiger partial charge in [-0.3, -0.25) is 0 Å². The monoisotopic (exact) mass is 269 g/mol. The van der Waals surface area contributed by atoms with Gasteiger partial charge in [-0.05, 0) is 38.0 Å². The maximum absolute atomic E-state index is 10.5. The Bertz CT molecular complexity index is 372. The third-order valence-corrected chi connectivity index (χ3v) is 4.43. The molecule has 2 N–H and O–H groups in total. The van der Waals surface area contributed by atoms with Crippen molar-refractivity contribution in [2.45, 2.75) is 58.0 Å². The number of nitrogens with zero attached hydrogens (tertiary/aromatic N) is 2. The van der Waals surface area contributed by atoms with Gasteiger partial charge in [0.1, 0.15) is 5.82 Å². The molecule has 0 unspecified atom stereocenters. The predicted octanol–water partition coefficient (Wildman–Crippen LogP) is 2.84.